The number of hydrogen-bond acceptors (Lipinski definition) is 3. The summed E-state index contributed by atoms with van der Waals surface area (Å²) in [5.74, 6) is 0. The van der Waals surface area contributed by atoms with Gasteiger partial charge in [0.1, 0.15) is 0 Å². The molecule has 1 heterocycles. The van der Waals surface area contributed by atoms with Crippen LogP contribution in [-0.2, 0) is 7.05 Å². The van der Waals surface area contributed by atoms with E-state index >= 15 is 0 Å². The molecule has 2 aromatic rings. The Balaban J connectivity index is 2.23. The van der Waals surface area contributed by atoms with Gasteiger partial charge in [-0.25, -0.2) is 4.98 Å². The third kappa shape index (κ3) is 2.96. The Kier molecular flexibility index (Phi) is 4.48. The fourth-order valence-electron chi connectivity index (χ4n) is 1.58. The van der Waals surface area contributed by atoms with Crippen molar-refractivity contribution in [2.75, 3.05) is 7.05 Å². The Morgan fingerprint density at radius 2 is 2.22 bits per heavy atom. The second-order valence-corrected chi connectivity index (χ2v) is 5.99. The van der Waals surface area contributed by atoms with Gasteiger partial charge in [-0.05, 0) is 47.6 Å². The minimum Gasteiger partial charge on any atom is -0.329 e. The van der Waals surface area contributed by atoms with Crippen LogP contribution in [-0.4, -0.2) is 16.6 Å². The molecule has 0 aliphatic heterocycles. The fraction of sp³-hybridized carbons (Fsp3) is 0.308. The first-order valence-corrected chi connectivity index (χ1v) is 7.34. The van der Waals surface area contributed by atoms with Crippen molar-refractivity contribution in [1.29, 1.82) is 0 Å². The van der Waals surface area contributed by atoms with E-state index in [1.54, 1.807) is 11.8 Å². The normalized spacial score (nSPS) is 12.7. The lowest BCUT2D eigenvalue weighted by Gasteiger charge is -2.12. The van der Waals surface area contributed by atoms with Crippen LogP contribution < -0.4 is 5.32 Å². The summed E-state index contributed by atoms with van der Waals surface area (Å²) in [4.78, 5) is 5.50. The molecule has 0 aliphatic rings. The molecule has 18 heavy (non-hydrogen) atoms. The van der Waals surface area contributed by atoms with E-state index in [9.17, 15) is 0 Å². The van der Waals surface area contributed by atoms with Gasteiger partial charge >= 0.3 is 0 Å². The van der Waals surface area contributed by atoms with Crippen LogP contribution in [0, 0.1) is 0 Å². The number of benzene rings is 1. The molecule has 0 saturated carbocycles. The lowest BCUT2D eigenvalue weighted by atomic mass is 10.1. The Hall–Kier alpha value is -0.780. The molecular weight excluding hydrogens is 310 g/mol. The second kappa shape index (κ2) is 5.91. The zero-order chi connectivity index (χ0) is 13.1. The first-order valence-electron chi connectivity index (χ1n) is 5.73. The number of halogens is 1. The number of imidazole rings is 1. The van der Waals surface area contributed by atoms with Crippen LogP contribution in [0.15, 0.2) is 45.1 Å². The van der Waals surface area contributed by atoms with Crippen molar-refractivity contribution in [3.63, 3.8) is 0 Å². The van der Waals surface area contributed by atoms with E-state index in [1.807, 2.05) is 31.1 Å². The molecule has 96 valence electrons. The maximum absolute atomic E-state index is 4.32. The van der Waals surface area contributed by atoms with Gasteiger partial charge in [-0.1, -0.05) is 17.8 Å². The summed E-state index contributed by atoms with van der Waals surface area (Å²) in [7, 11) is 3.97. The third-order valence-electron chi connectivity index (χ3n) is 2.87. The molecule has 0 radical (unpaired) electrons. The monoisotopic (exact) mass is 325 g/mol. The average molecular weight is 326 g/mol. The molecule has 1 unspecified atom stereocenters. The largest absolute Gasteiger partial charge is 0.329 e. The van der Waals surface area contributed by atoms with Crippen molar-refractivity contribution in [1.82, 2.24) is 14.9 Å². The van der Waals surface area contributed by atoms with Gasteiger partial charge in [-0.3, -0.25) is 0 Å². The summed E-state index contributed by atoms with van der Waals surface area (Å²) in [5, 5.41) is 4.23. The van der Waals surface area contributed by atoms with Crippen molar-refractivity contribution in [3.8, 4) is 0 Å². The maximum Gasteiger partial charge on any atom is 0.172 e. The zero-order valence-electron chi connectivity index (χ0n) is 10.6. The van der Waals surface area contributed by atoms with Crippen molar-refractivity contribution >= 4 is 27.7 Å². The lowest BCUT2D eigenvalue weighted by Crippen LogP contribution is -2.12. The second-order valence-electron chi connectivity index (χ2n) is 4.12. The van der Waals surface area contributed by atoms with Gasteiger partial charge in [0.15, 0.2) is 5.16 Å². The molecule has 0 aliphatic carbocycles. The molecule has 1 N–H and O–H groups in total. The number of nitrogens with zero attached hydrogens (tertiary/aromatic N) is 2. The number of aromatic nitrogens is 2. The van der Waals surface area contributed by atoms with E-state index in [4.69, 9.17) is 0 Å². The highest BCUT2D eigenvalue weighted by molar-refractivity contribution is 9.10. The quantitative estimate of drug-likeness (QED) is 0.931. The fourth-order valence-corrected chi connectivity index (χ4v) is 3.03. The van der Waals surface area contributed by atoms with Crippen LogP contribution in [0.3, 0.4) is 0 Å². The molecule has 3 nitrogen and oxygen atoms in total. The van der Waals surface area contributed by atoms with Crippen LogP contribution in [0.25, 0.3) is 0 Å². The Bertz CT molecular complexity index is 539. The highest BCUT2D eigenvalue weighted by Gasteiger charge is 2.09. The SMILES string of the molecule is CNC(C)c1ccc(Sc2nccn2C)c(Br)c1. The summed E-state index contributed by atoms with van der Waals surface area (Å²) in [6.45, 7) is 2.15. The summed E-state index contributed by atoms with van der Waals surface area (Å²) in [5.41, 5.74) is 1.27. The van der Waals surface area contributed by atoms with Crippen LogP contribution in [0.4, 0.5) is 0 Å². The van der Waals surface area contributed by atoms with E-state index in [0.717, 1.165) is 9.63 Å². The van der Waals surface area contributed by atoms with Crippen molar-refractivity contribution in [2.45, 2.75) is 23.0 Å². The molecular formula is C13H16BrN3S. The highest BCUT2D eigenvalue weighted by atomic mass is 79.9. The van der Waals surface area contributed by atoms with E-state index < -0.39 is 0 Å². The predicted molar refractivity (Wildman–Crippen MR) is 78.9 cm³/mol. The predicted octanol–water partition coefficient (Wildman–Crippen LogP) is 3.61. The molecule has 0 spiro atoms. The summed E-state index contributed by atoms with van der Waals surface area (Å²) in [6.07, 6.45) is 3.77. The van der Waals surface area contributed by atoms with Crippen LogP contribution in [0.2, 0.25) is 0 Å². The maximum atomic E-state index is 4.32. The first kappa shape index (κ1) is 13.6. The Labute approximate surface area is 120 Å². The zero-order valence-corrected chi connectivity index (χ0v) is 13.0. The molecule has 2 rings (SSSR count). The Morgan fingerprint density at radius 3 is 2.78 bits per heavy atom. The smallest absolute Gasteiger partial charge is 0.172 e. The molecule has 0 amide bonds. The lowest BCUT2D eigenvalue weighted by molar-refractivity contribution is 0.651. The van der Waals surface area contributed by atoms with Crippen molar-refractivity contribution in [2.24, 2.45) is 7.05 Å². The van der Waals surface area contributed by atoms with Crippen LogP contribution >= 0.6 is 27.7 Å². The van der Waals surface area contributed by atoms with E-state index in [2.05, 4.69) is 51.4 Å². The molecule has 1 aromatic heterocycles. The Morgan fingerprint density at radius 1 is 1.44 bits per heavy atom. The molecule has 0 bridgehead atoms. The molecule has 1 aromatic carbocycles. The average Bonchev–Trinajstić information content (AvgIpc) is 2.76. The van der Waals surface area contributed by atoms with Gasteiger partial charge in [-0.2, -0.15) is 0 Å². The summed E-state index contributed by atoms with van der Waals surface area (Å²) in [6, 6.07) is 6.80. The van der Waals surface area contributed by atoms with E-state index in [-0.39, 0.29) is 0 Å². The molecule has 0 saturated heterocycles. The number of hydrogen-bond donors (Lipinski definition) is 1. The van der Waals surface area contributed by atoms with Crippen LogP contribution in [0.1, 0.15) is 18.5 Å². The van der Waals surface area contributed by atoms with Gasteiger partial charge in [0.2, 0.25) is 0 Å². The van der Waals surface area contributed by atoms with E-state index in [1.165, 1.54) is 10.5 Å². The number of aryl methyl sites for hydroxylation is 1. The van der Waals surface area contributed by atoms with Gasteiger partial charge in [0.25, 0.3) is 0 Å². The van der Waals surface area contributed by atoms with Gasteiger partial charge < -0.3 is 9.88 Å². The molecule has 0 fully saturated rings. The third-order valence-corrected chi connectivity index (χ3v) is 4.94. The van der Waals surface area contributed by atoms with Gasteiger partial charge in [0, 0.05) is 34.9 Å². The summed E-state index contributed by atoms with van der Waals surface area (Å²) < 4.78 is 3.12. The minimum atomic E-state index is 0.355. The summed E-state index contributed by atoms with van der Waals surface area (Å²) >= 11 is 5.29. The van der Waals surface area contributed by atoms with E-state index in [0.29, 0.717) is 6.04 Å². The topological polar surface area (TPSA) is 29.9 Å². The molecule has 1 atom stereocenters. The standard InChI is InChI=1S/C13H16BrN3S/c1-9(15-2)10-4-5-12(11(14)8-10)18-13-16-6-7-17(13)3/h4-9,15H,1-3H3. The number of nitrogens with one attached hydrogen (secondary N) is 1. The number of rotatable bonds is 4. The molecule has 5 heteroatoms. The van der Waals surface area contributed by atoms with Crippen LogP contribution in [0.5, 0.6) is 0 Å². The van der Waals surface area contributed by atoms with Crippen molar-refractivity contribution in [3.05, 3.63) is 40.6 Å². The van der Waals surface area contributed by atoms with Gasteiger partial charge in [-0.15, -0.1) is 0 Å². The highest BCUT2D eigenvalue weighted by Crippen LogP contribution is 2.33. The first-order chi connectivity index (χ1) is 8.61. The van der Waals surface area contributed by atoms with Crippen molar-refractivity contribution < 1.29 is 0 Å². The van der Waals surface area contributed by atoms with Gasteiger partial charge in [0.05, 0.1) is 0 Å². The minimum absolute atomic E-state index is 0.355.